The first-order valence-electron chi connectivity index (χ1n) is 6.19. The second-order valence-electron chi connectivity index (χ2n) is 4.21. The molecule has 0 bridgehead atoms. The van der Waals surface area contributed by atoms with Gasteiger partial charge in [-0.25, -0.2) is 0 Å². The Labute approximate surface area is 112 Å². The van der Waals surface area contributed by atoms with E-state index >= 15 is 0 Å². The number of rotatable bonds is 6. The maximum atomic E-state index is 11.7. The monoisotopic (exact) mass is 297 g/mol. The summed E-state index contributed by atoms with van der Waals surface area (Å²) in [5.74, 6) is 0.152. The molecule has 0 radical (unpaired) electrons. The quantitative estimate of drug-likeness (QED) is 0.852. The summed E-state index contributed by atoms with van der Waals surface area (Å²) in [6, 6.07) is 8.43. The number of carbonyl (C=O) groups is 1. The zero-order valence-electron chi connectivity index (χ0n) is 10.5. The van der Waals surface area contributed by atoms with E-state index in [1.165, 1.54) is 5.56 Å². The van der Waals surface area contributed by atoms with Gasteiger partial charge in [-0.3, -0.25) is 4.79 Å². The molecule has 0 aromatic heterocycles. The van der Waals surface area contributed by atoms with Crippen LogP contribution in [-0.4, -0.2) is 11.9 Å². The van der Waals surface area contributed by atoms with Crippen molar-refractivity contribution in [1.29, 1.82) is 0 Å². The zero-order chi connectivity index (χ0) is 12.7. The third-order valence-electron chi connectivity index (χ3n) is 2.88. The fraction of sp³-hybridized carbons (Fsp3) is 0.500. The fourth-order valence-electron chi connectivity index (χ4n) is 1.74. The molecule has 94 valence electrons. The van der Waals surface area contributed by atoms with Crippen LogP contribution in [0.15, 0.2) is 28.7 Å². The van der Waals surface area contributed by atoms with Gasteiger partial charge >= 0.3 is 0 Å². The smallest absolute Gasteiger partial charge is 0.220 e. The maximum Gasteiger partial charge on any atom is 0.220 e. The second kappa shape index (κ2) is 7.49. The molecule has 0 saturated carbocycles. The number of carbonyl (C=O) groups excluding carboxylic acids is 1. The maximum absolute atomic E-state index is 11.7. The predicted molar refractivity (Wildman–Crippen MR) is 75.0 cm³/mol. The molecule has 0 aliphatic heterocycles. The average molecular weight is 298 g/mol. The topological polar surface area (TPSA) is 29.1 Å². The Morgan fingerprint density at radius 2 is 2.06 bits per heavy atom. The van der Waals surface area contributed by atoms with Crippen molar-refractivity contribution >= 4 is 21.8 Å². The third kappa shape index (κ3) is 5.35. The highest BCUT2D eigenvalue weighted by Gasteiger charge is 2.08. The molecular weight excluding hydrogens is 278 g/mol. The molecule has 17 heavy (non-hydrogen) atoms. The van der Waals surface area contributed by atoms with E-state index in [-0.39, 0.29) is 5.91 Å². The summed E-state index contributed by atoms with van der Waals surface area (Å²) >= 11 is 3.43. The lowest BCUT2D eigenvalue weighted by Gasteiger charge is -2.14. The first-order valence-corrected chi connectivity index (χ1v) is 6.98. The van der Waals surface area contributed by atoms with E-state index in [1.807, 2.05) is 12.1 Å². The number of benzene rings is 1. The van der Waals surface area contributed by atoms with Gasteiger partial charge in [-0.1, -0.05) is 41.9 Å². The van der Waals surface area contributed by atoms with E-state index in [1.54, 1.807) is 0 Å². The Hall–Kier alpha value is -0.830. The Balaban J connectivity index is 2.38. The average Bonchev–Trinajstić information content (AvgIpc) is 2.33. The van der Waals surface area contributed by atoms with Crippen molar-refractivity contribution < 1.29 is 4.79 Å². The third-order valence-corrected chi connectivity index (χ3v) is 3.37. The highest BCUT2D eigenvalue weighted by atomic mass is 79.9. The lowest BCUT2D eigenvalue weighted by molar-refractivity contribution is -0.121. The number of amides is 1. The first kappa shape index (κ1) is 14.2. The molecule has 0 spiro atoms. The molecule has 0 saturated heterocycles. The van der Waals surface area contributed by atoms with Gasteiger partial charge in [0.2, 0.25) is 5.91 Å². The number of aryl methyl sites for hydroxylation is 1. The minimum absolute atomic E-state index is 0.152. The highest BCUT2D eigenvalue weighted by molar-refractivity contribution is 9.10. The predicted octanol–water partition coefficient (Wildman–Crippen LogP) is 3.69. The van der Waals surface area contributed by atoms with Crippen LogP contribution in [0.3, 0.4) is 0 Å². The molecule has 0 fully saturated rings. The molecule has 1 rings (SSSR count). The van der Waals surface area contributed by atoms with Crippen LogP contribution in [0.4, 0.5) is 0 Å². The van der Waals surface area contributed by atoms with Gasteiger partial charge in [-0.2, -0.15) is 0 Å². The molecule has 1 aromatic rings. The van der Waals surface area contributed by atoms with E-state index in [9.17, 15) is 4.79 Å². The largest absolute Gasteiger partial charge is 0.353 e. The van der Waals surface area contributed by atoms with Gasteiger partial charge in [0.25, 0.3) is 0 Å². The molecule has 1 aromatic carbocycles. The Morgan fingerprint density at radius 3 is 2.65 bits per heavy atom. The van der Waals surface area contributed by atoms with Crippen molar-refractivity contribution in [1.82, 2.24) is 5.32 Å². The van der Waals surface area contributed by atoms with Crippen molar-refractivity contribution in [2.75, 3.05) is 0 Å². The van der Waals surface area contributed by atoms with Gasteiger partial charge < -0.3 is 5.32 Å². The SMILES string of the molecule is CCC(CC)NC(=O)CCc1cccc(Br)c1. The van der Waals surface area contributed by atoms with Crippen LogP contribution in [0.1, 0.15) is 38.7 Å². The van der Waals surface area contributed by atoms with Crippen molar-refractivity contribution in [3.63, 3.8) is 0 Å². The number of halogens is 1. The summed E-state index contributed by atoms with van der Waals surface area (Å²) in [6.07, 6.45) is 3.36. The second-order valence-corrected chi connectivity index (χ2v) is 5.13. The van der Waals surface area contributed by atoms with Crippen molar-refractivity contribution in [3.8, 4) is 0 Å². The molecular formula is C14H20BrNO. The molecule has 1 N–H and O–H groups in total. The lowest BCUT2D eigenvalue weighted by Crippen LogP contribution is -2.33. The summed E-state index contributed by atoms with van der Waals surface area (Å²) in [6.45, 7) is 4.20. The molecule has 3 heteroatoms. The van der Waals surface area contributed by atoms with Crippen LogP contribution in [0, 0.1) is 0 Å². The summed E-state index contributed by atoms with van der Waals surface area (Å²) in [7, 11) is 0. The van der Waals surface area contributed by atoms with Crippen molar-refractivity contribution in [2.45, 2.75) is 45.6 Å². The van der Waals surface area contributed by atoms with Crippen molar-refractivity contribution in [2.24, 2.45) is 0 Å². The molecule has 0 atom stereocenters. The zero-order valence-corrected chi connectivity index (χ0v) is 12.1. The number of hydrogen-bond donors (Lipinski definition) is 1. The van der Waals surface area contributed by atoms with Gasteiger partial charge in [0.15, 0.2) is 0 Å². The van der Waals surface area contributed by atoms with Gasteiger partial charge in [0.05, 0.1) is 0 Å². The summed E-state index contributed by atoms with van der Waals surface area (Å²) in [5.41, 5.74) is 1.19. The first-order chi connectivity index (χ1) is 8.15. The van der Waals surface area contributed by atoms with Crippen molar-refractivity contribution in [3.05, 3.63) is 34.3 Å². The Morgan fingerprint density at radius 1 is 1.35 bits per heavy atom. The molecule has 0 aliphatic rings. The summed E-state index contributed by atoms with van der Waals surface area (Å²) < 4.78 is 1.07. The van der Waals surface area contributed by atoms with Crippen LogP contribution in [0.5, 0.6) is 0 Å². The Bertz CT molecular complexity index is 361. The fourth-order valence-corrected chi connectivity index (χ4v) is 2.19. The minimum atomic E-state index is 0.152. The summed E-state index contributed by atoms with van der Waals surface area (Å²) in [5, 5.41) is 3.05. The van der Waals surface area contributed by atoms with Gasteiger partial charge in [0.1, 0.15) is 0 Å². The van der Waals surface area contributed by atoms with E-state index in [0.29, 0.717) is 12.5 Å². The molecule has 0 heterocycles. The minimum Gasteiger partial charge on any atom is -0.353 e. The Kier molecular flexibility index (Phi) is 6.27. The molecule has 1 amide bonds. The van der Waals surface area contributed by atoms with E-state index in [4.69, 9.17) is 0 Å². The van der Waals surface area contributed by atoms with Crippen LogP contribution in [-0.2, 0) is 11.2 Å². The molecule has 0 aliphatic carbocycles. The number of hydrogen-bond acceptors (Lipinski definition) is 1. The van der Waals surface area contributed by atoms with Gasteiger partial charge in [0, 0.05) is 16.9 Å². The van der Waals surface area contributed by atoms with Gasteiger partial charge in [-0.15, -0.1) is 0 Å². The van der Waals surface area contributed by atoms with Crippen LogP contribution in [0.2, 0.25) is 0 Å². The lowest BCUT2D eigenvalue weighted by atomic mass is 10.1. The highest BCUT2D eigenvalue weighted by Crippen LogP contribution is 2.13. The number of nitrogens with one attached hydrogen (secondary N) is 1. The van der Waals surface area contributed by atoms with Crippen LogP contribution < -0.4 is 5.32 Å². The summed E-state index contributed by atoms with van der Waals surface area (Å²) in [4.78, 5) is 11.7. The van der Waals surface area contributed by atoms with Crippen LogP contribution >= 0.6 is 15.9 Å². The van der Waals surface area contributed by atoms with E-state index in [2.05, 4.69) is 47.2 Å². The molecule has 2 nitrogen and oxygen atoms in total. The van der Waals surface area contributed by atoms with E-state index in [0.717, 1.165) is 23.7 Å². The normalized spacial score (nSPS) is 10.6. The van der Waals surface area contributed by atoms with Gasteiger partial charge in [-0.05, 0) is 37.0 Å². The van der Waals surface area contributed by atoms with E-state index < -0.39 is 0 Å². The molecule has 0 unspecified atom stereocenters. The van der Waals surface area contributed by atoms with Crippen LogP contribution in [0.25, 0.3) is 0 Å². The standard InChI is InChI=1S/C14H20BrNO/c1-3-13(4-2)16-14(17)9-8-11-6-5-7-12(15)10-11/h5-7,10,13H,3-4,8-9H2,1-2H3,(H,16,17).